The highest BCUT2D eigenvalue weighted by Gasteiger charge is 2.29. The fourth-order valence-corrected chi connectivity index (χ4v) is 2.99. The maximum atomic E-state index is 13.2. The van der Waals surface area contributed by atoms with Crippen LogP contribution >= 0.6 is 23.2 Å². The molecule has 0 fully saturated rings. The van der Waals surface area contributed by atoms with Gasteiger partial charge in [0.25, 0.3) is 17.6 Å². The number of Topliss-reactive ketones (excluding diaryl/α,β-unsaturated/α-hetero) is 1. The predicted molar refractivity (Wildman–Crippen MR) is 97.5 cm³/mol. The topological polar surface area (TPSA) is 80.2 Å². The van der Waals surface area contributed by atoms with Crippen LogP contribution in [0.4, 0.5) is 10.1 Å². The van der Waals surface area contributed by atoms with Gasteiger partial charge in [-0.05, 0) is 37.6 Å². The molecule has 1 aromatic carbocycles. The molecule has 9 heteroatoms. The molecule has 0 saturated carbocycles. The van der Waals surface area contributed by atoms with Gasteiger partial charge in [0.1, 0.15) is 11.0 Å². The van der Waals surface area contributed by atoms with Crippen molar-refractivity contribution in [2.45, 2.75) is 13.8 Å². The maximum absolute atomic E-state index is 13.2. The van der Waals surface area contributed by atoms with E-state index in [4.69, 9.17) is 23.2 Å². The fourth-order valence-electron chi connectivity index (χ4n) is 2.49. The first-order chi connectivity index (χ1) is 12.2. The second kappa shape index (κ2) is 7.88. The molecule has 1 aromatic heterocycles. The molecule has 0 saturated heterocycles. The Morgan fingerprint density at radius 1 is 1.23 bits per heavy atom. The van der Waals surface area contributed by atoms with E-state index < -0.39 is 23.4 Å². The summed E-state index contributed by atoms with van der Waals surface area (Å²) in [6.45, 7) is 3.49. The zero-order valence-electron chi connectivity index (χ0n) is 14.2. The summed E-state index contributed by atoms with van der Waals surface area (Å²) < 4.78 is 14.5. The minimum atomic E-state index is -0.794. The number of hydrogen-bond acceptors (Lipinski definition) is 3. The zero-order chi connectivity index (χ0) is 19.6. The molecule has 2 N–H and O–H groups in total. The lowest BCUT2D eigenvalue weighted by atomic mass is 10.1. The molecule has 6 nitrogen and oxygen atoms in total. The third-order valence-corrected chi connectivity index (χ3v) is 4.46. The van der Waals surface area contributed by atoms with E-state index in [9.17, 15) is 18.8 Å². The summed E-state index contributed by atoms with van der Waals surface area (Å²) in [6, 6.07) is 3.70. The number of hydrogen-bond donors (Lipinski definition) is 2. The molecular formula is C17H16Cl2FN3O3. The number of rotatable bonds is 5. The summed E-state index contributed by atoms with van der Waals surface area (Å²) in [5.74, 6) is -2.81. The second-order valence-electron chi connectivity index (χ2n) is 5.47. The third kappa shape index (κ3) is 3.73. The Labute approximate surface area is 159 Å². The van der Waals surface area contributed by atoms with E-state index in [2.05, 4.69) is 10.6 Å². The third-order valence-electron chi connectivity index (χ3n) is 3.73. The number of benzene rings is 1. The van der Waals surface area contributed by atoms with Crippen LogP contribution in [0.3, 0.4) is 0 Å². The van der Waals surface area contributed by atoms with E-state index in [1.807, 2.05) is 0 Å². The van der Waals surface area contributed by atoms with Crippen LogP contribution in [0.25, 0.3) is 0 Å². The van der Waals surface area contributed by atoms with Gasteiger partial charge in [-0.2, -0.15) is 0 Å². The molecule has 0 spiro atoms. The molecule has 0 aliphatic heterocycles. The van der Waals surface area contributed by atoms with Crippen molar-refractivity contribution in [3.63, 3.8) is 0 Å². The molecule has 138 valence electrons. The van der Waals surface area contributed by atoms with Crippen LogP contribution in [-0.2, 0) is 11.8 Å². The Balaban J connectivity index is 2.39. The number of nitrogens with zero attached hydrogens (tertiary/aromatic N) is 1. The van der Waals surface area contributed by atoms with Gasteiger partial charge in [0.15, 0.2) is 0 Å². The number of carbonyl (C=O) groups is 3. The zero-order valence-corrected chi connectivity index (χ0v) is 15.8. The highest BCUT2D eigenvalue weighted by Crippen LogP contribution is 2.28. The van der Waals surface area contributed by atoms with Gasteiger partial charge in [0.05, 0.1) is 16.3 Å². The number of halogens is 3. The second-order valence-corrected chi connectivity index (χ2v) is 6.24. The monoisotopic (exact) mass is 399 g/mol. The minimum absolute atomic E-state index is 0.000794. The molecule has 0 aliphatic rings. The van der Waals surface area contributed by atoms with Crippen LogP contribution in [0.15, 0.2) is 18.2 Å². The van der Waals surface area contributed by atoms with Crippen molar-refractivity contribution in [3.05, 3.63) is 51.0 Å². The van der Waals surface area contributed by atoms with Gasteiger partial charge in [-0.1, -0.05) is 23.2 Å². The van der Waals surface area contributed by atoms with E-state index in [1.165, 1.54) is 30.7 Å². The summed E-state index contributed by atoms with van der Waals surface area (Å²) in [5, 5.41) is 4.81. The minimum Gasteiger partial charge on any atom is -0.349 e. The lowest BCUT2D eigenvalue weighted by molar-refractivity contribution is -0.116. The average molecular weight is 400 g/mol. The van der Waals surface area contributed by atoms with E-state index >= 15 is 0 Å². The maximum Gasteiger partial charge on any atom is 0.293 e. The Morgan fingerprint density at radius 2 is 1.88 bits per heavy atom. The molecule has 0 atom stereocenters. The Hall–Kier alpha value is -2.38. The normalized spacial score (nSPS) is 10.5. The molecule has 0 bridgehead atoms. The SMILES string of the molecule is CCNC(=O)C(=O)c1c(C)c(C(=O)Nc2ccc(F)c(Cl)c2)c(Cl)n1C. The van der Waals surface area contributed by atoms with Crippen LogP contribution in [0, 0.1) is 12.7 Å². The average Bonchev–Trinajstić information content (AvgIpc) is 2.80. The summed E-state index contributed by atoms with van der Waals surface area (Å²) in [5.41, 5.74) is 0.585. The van der Waals surface area contributed by atoms with Crippen molar-refractivity contribution >= 4 is 46.5 Å². The van der Waals surface area contributed by atoms with Crippen molar-refractivity contribution < 1.29 is 18.8 Å². The highest BCUT2D eigenvalue weighted by molar-refractivity contribution is 6.44. The van der Waals surface area contributed by atoms with E-state index in [1.54, 1.807) is 6.92 Å². The Morgan fingerprint density at radius 3 is 2.46 bits per heavy atom. The van der Waals surface area contributed by atoms with Crippen LogP contribution in [-0.4, -0.2) is 28.7 Å². The standard InChI is InChI=1S/C17H16Cl2FN3O3/c1-4-21-17(26)14(24)13-8(2)12(15(19)23(13)3)16(25)22-9-5-6-11(20)10(18)7-9/h5-7H,4H2,1-3H3,(H,21,26)(H,22,25). The van der Waals surface area contributed by atoms with Crippen LogP contribution in [0.2, 0.25) is 10.2 Å². The summed E-state index contributed by atoms with van der Waals surface area (Å²) in [6.07, 6.45) is 0. The predicted octanol–water partition coefficient (Wildman–Crippen LogP) is 3.35. The molecule has 0 aliphatic carbocycles. The van der Waals surface area contributed by atoms with Gasteiger partial charge in [-0.25, -0.2) is 4.39 Å². The van der Waals surface area contributed by atoms with Crippen molar-refractivity contribution in [1.29, 1.82) is 0 Å². The molecule has 0 radical (unpaired) electrons. The summed E-state index contributed by atoms with van der Waals surface area (Å²) in [4.78, 5) is 36.7. The van der Waals surface area contributed by atoms with E-state index in [0.717, 1.165) is 6.07 Å². The molecule has 0 unspecified atom stereocenters. The largest absolute Gasteiger partial charge is 0.349 e. The Kier molecular flexibility index (Phi) is 6.05. The quantitative estimate of drug-likeness (QED) is 0.597. The number of amides is 2. The van der Waals surface area contributed by atoms with Crippen molar-refractivity contribution in [2.24, 2.45) is 7.05 Å². The van der Waals surface area contributed by atoms with E-state index in [0.29, 0.717) is 6.54 Å². The van der Waals surface area contributed by atoms with Crippen molar-refractivity contribution in [1.82, 2.24) is 9.88 Å². The Bertz CT molecular complexity index is 909. The smallest absolute Gasteiger partial charge is 0.293 e. The number of carbonyl (C=O) groups excluding carboxylic acids is 3. The first-order valence-corrected chi connectivity index (χ1v) is 8.38. The first-order valence-electron chi connectivity index (χ1n) is 7.62. The van der Waals surface area contributed by atoms with Gasteiger partial charge in [-0.15, -0.1) is 0 Å². The lowest BCUT2D eigenvalue weighted by Gasteiger charge is -2.06. The van der Waals surface area contributed by atoms with Crippen molar-refractivity contribution in [2.75, 3.05) is 11.9 Å². The molecular weight excluding hydrogens is 384 g/mol. The molecule has 2 rings (SSSR count). The van der Waals surface area contributed by atoms with Crippen LogP contribution < -0.4 is 10.6 Å². The number of likely N-dealkylation sites (N-methyl/N-ethyl adjacent to an activating group) is 1. The van der Waals surface area contributed by atoms with Gasteiger partial charge in [-0.3, -0.25) is 14.4 Å². The lowest BCUT2D eigenvalue weighted by Crippen LogP contribution is -2.32. The fraction of sp³-hybridized carbons (Fsp3) is 0.235. The molecule has 2 amide bonds. The van der Waals surface area contributed by atoms with Gasteiger partial charge in [0, 0.05) is 19.3 Å². The van der Waals surface area contributed by atoms with Crippen LogP contribution in [0.1, 0.15) is 33.3 Å². The number of ketones is 1. The molecule has 26 heavy (non-hydrogen) atoms. The van der Waals surface area contributed by atoms with Crippen molar-refractivity contribution in [3.8, 4) is 0 Å². The van der Waals surface area contributed by atoms with Gasteiger partial charge in [0.2, 0.25) is 0 Å². The van der Waals surface area contributed by atoms with Gasteiger partial charge < -0.3 is 15.2 Å². The highest BCUT2D eigenvalue weighted by atomic mass is 35.5. The first kappa shape index (κ1) is 19.9. The van der Waals surface area contributed by atoms with Gasteiger partial charge >= 0.3 is 0 Å². The molecule has 1 heterocycles. The number of nitrogens with one attached hydrogen (secondary N) is 2. The summed E-state index contributed by atoms with van der Waals surface area (Å²) in [7, 11) is 1.48. The summed E-state index contributed by atoms with van der Waals surface area (Å²) >= 11 is 11.9. The van der Waals surface area contributed by atoms with E-state index in [-0.39, 0.29) is 32.7 Å². The molecule has 2 aromatic rings. The number of aromatic nitrogens is 1. The van der Waals surface area contributed by atoms with Crippen LogP contribution in [0.5, 0.6) is 0 Å². The number of anilines is 1.